The van der Waals surface area contributed by atoms with Crippen LogP contribution in [-0.2, 0) is 6.42 Å². The van der Waals surface area contributed by atoms with Crippen LogP contribution in [0.5, 0.6) is 0 Å². The van der Waals surface area contributed by atoms with Gasteiger partial charge in [-0.2, -0.15) is 0 Å². The van der Waals surface area contributed by atoms with Crippen molar-refractivity contribution in [3.8, 4) is 11.1 Å². The van der Waals surface area contributed by atoms with E-state index in [2.05, 4.69) is 58.4 Å². The fourth-order valence-corrected chi connectivity index (χ4v) is 4.21. The van der Waals surface area contributed by atoms with Gasteiger partial charge < -0.3 is 0 Å². The van der Waals surface area contributed by atoms with Gasteiger partial charge in [0.05, 0.1) is 0 Å². The van der Waals surface area contributed by atoms with Crippen molar-refractivity contribution in [2.75, 3.05) is 0 Å². The van der Waals surface area contributed by atoms with Crippen LogP contribution in [0.4, 0.5) is 0 Å². The molecule has 2 bridgehead atoms. The lowest BCUT2D eigenvalue weighted by atomic mass is 10.0. The predicted molar refractivity (Wildman–Crippen MR) is 76.4 cm³/mol. The van der Waals surface area contributed by atoms with E-state index in [0.29, 0.717) is 0 Å². The zero-order valence-corrected chi connectivity index (χ0v) is 11.4. The van der Waals surface area contributed by atoms with Crippen molar-refractivity contribution in [2.45, 2.75) is 16.2 Å². The molecule has 0 amide bonds. The molecule has 3 aliphatic rings. The molecule has 0 fully saturated rings. The van der Waals surface area contributed by atoms with Crippen molar-refractivity contribution in [3.63, 3.8) is 0 Å². The Morgan fingerprint density at radius 2 is 1.94 bits per heavy atom. The molecule has 82 valence electrons. The van der Waals surface area contributed by atoms with Gasteiger partial charge >= 0.3 is 0 Å². The first-order chi connectivity index (χ1) is 8.33. The Morgan fingerprint density at radius 3 is 2.76 bits per heavy atom. The SMILES string of the molecule is Brc1cc2c(c3c1CC=C3)Sc1ccc-2cc1. The molecule has 2 aliphatic heterocycles. The summed E-state index contributed by atoms with van der Waals surface area (Å²) in [5.41, 5.74) is 5.50. The molecule has 5 rings (SSSR count). The van der Waals surface area contributed by atoms with Crippen molar-refractivity contribution in [3.05, 3.63) is 52.0 Å². The topological polar surface area (TPSA) is 0 Å². The van der Waals surface area contributed by atoms with Crippen LogP contribution in [0.25, 0.3) is 17.2 Å². The van der Waals surface area contributed by atoms with Gasteiger partial charge in [0.25, 0.3) is 0 Å². The second-order valence-corrected chi connectivity index (χ2v) is 6.30. The van der Waals surface area contributed by atoms with Crippen molar-refractivity contribution >= 4 is 33.8 Å². The van der Waals surface area contributed by atoms with E-state index in [-0.39, 0.29) is 0 Å². The maximum atomic E-state index is 3.70. The molecule has 0 saturated heterocycles. The number of hydrogen-bond donors (Lipinski definition) is 0. The number of fused-ring (bicyclic) bond motifs is 3. The normalized spacial score (nSPS) is 14.6. The Labute approximate surface area is 113 Å². The highest BCUT2D eigenvalue weighted by Crippen LogP contribution is 2.47. The molecule has 2 aromatic carbocycles. The fraction of sp³-hybridized carbons (Fsp3) is 0.0667. The Morgan fingerprint density at radius 1 is 1.12 bits per heavy atom. The highest BCUT2D eigenvalue weighted by atomic mass is 79.9. The Balaban J connectivity index is 2.12. The number of rotatable bonds is 0. The average molecular weight is 301 g/mol. The van der Waals surface area contributed by atoms with Gasteiger partial charge in [-0.15, -0.1) is 0 Å². The van der Waals surface area contributed by atoms with Crippen LogP contribution in [0.1, 0.15) is 11.1 Å². The second kappa shape index (κ2) is 3.50. The lowest BCUT2D eigenvalue weighted by Gasteiger charge is -2.12. The molecule has 1 aliphatic carbocycles. The lowest BCUT2D eigenvalue weighted by Crippen LogP contribution is -1.90. The Bertz CT molecular complexity index is 654. The molecule has 2 aromatic rings. The van der Waals surface area contributed by atoms with Crippen LogP contribution >= 0.6 is 27.7 Å². The minimum Gasteiger partial charge on any atom is -0.0888 e. The fourth-order valence-electron chi connectivity index (χ4n) is 2.51. The summed E-state index contributed by atoms with van der Waals surface area (Å²) in [6.07, 6.45) is 5.56. The van der Waals surface area contributed by atoms with Gasteiger partial charge in [0.1, 0.15) is 0 Å². The van der Waals surface area contributed by atoms with Gasteiger partial charge in [0.15, 0.2) is 0 Å². The summed E-state index contributed by atoms with van der Waals surface area (Å²) in [6.45, 7) is 0. The van der Waals surface area contributed by atoms with E-state index < -0.39 is 0 Å². The van der Waals surface area contributed by atoms with E-state index in [1.54, 1.807) is 0 Å². The molecule has 0 nitrogen and oxygen atoms in total. The highest BCUT2D eigenvalue weighted by molar-refractivity contribution is 9.10. The molecule has 0 spiro atoms. The second-order valence-electron chi connectivity index (χ2n) is 4.36. The van der Waals surface area contributed by atoms with Gasteiger partial charge in [0.2, 0.25) is 0 Å². The average Bonchev–Trinajstić information content (AvgIpc) is 2.71. The predicted octanol–water partition coefficient (Wildman–Crippen LogP) is 5.15. The summed E-state index contributed by atoms with van der Waals surface area (Å²) in [4.78, 5) is 2.74. The van der Waals surface area contributed by atoms with Crippen LogP contribution in [0.15, 0.2) is 50.7 Å². The molecule has 0 unspecified atom stereocenters. The zero-order chi connectivity index (χ0) is 11.4. The minimum absolute atomic E-state index is 1.05. The standard InChI is InChI=1S/C15H9BrS/c16-14-8-13-9-4-6-10(7-5-9)17-15(13)12-3-1-2-11(12)14/h1,3-8H,2H2. The molecule has 0 aromatic heterocycles. The number of halogens is 1. The van der Waals surface area contributed by atoms with Gasteiger partial charge in [-0.05, 0) is 46.9 Å². The third kappa shape index (κ3) is 1.37. The largest absolute Gasteiger partial charge is 0.0888 e. The molecule has 17 heavy (non-hydrogen) atoms. The first-order valence-electron chi connectivity index (χ1n) is 5.63. The summed E-state index contributed by atoms with van der Waals surface area (Å²) in [5.74, 6) is 0. The van der Waals surface area contributed by atoms with Crippen molar-refractivity contribution in [2.24, 2.45) is 0 Å². The first kappa shape index (κ1) is 9.98. The summed E-state index contributed by atoms with van der Waals surface area (Å²) in [5, 5.41) is 0. The van der Waals surface area contributed by atoms with Crippen LogP contribution in [0, 0.1) is 0 Å². The quantitative estimate of drug-likeness (QED) is 0.553. The Kier molecular flexibility index (Phi) is 2.06. The van der Waals surface area contributed by atoms with Crippen LogP contribution in [0.3, 0.4) is 0 Å². The third-order valence-electron chi connectivity index (χ3n) is 3.37. The van der Waals surface area contributed by atoms with Gasteiger partial charge in [-0.25, -0.2) is 0 Å². The molecular weight excluding hydrogens is 292 g/mol. The van der Waals surface area contributed by atoms with E-state index in [9.17, 15) is 0 Å². The highest BCUT2D eigenvalue weighted by Gasteiger charge is 2.21. The monoisotopic (exact) mass is 300 g/mol. The minimum atomic E-state index is 1.05. The molecular formula is C15H9BrS. The first-order valence-corrected chi connectivity index (χ1v) is 7.24. The van der Waals surface area contributed by atoms with Crippen LogP contribution in [0.2, 0.25) is 0 Å². The lowest BCUT2D eigenvalue weighted by molar-refractivity contribution is 1.25. The maximum Gasteiger partial charge on any atom is 0.0276 e. The Hall–Kier alpha value is -0.990. The van der Waals surface area contributed by atoms with Crippen molar-refractivity contribution in [1.82, 2.24) is 0 Å². The van der Waals surface area contributed by atoms with Gasteiger partial charge in [-0.1, -0.05) is 52.0 Å². The van der Waals surface area contributed by atoms with E-state index in [4.69, 9.17) is 0 Å². The van der Waals surface area contributed by atoms with E-state index in [1.165, 1.54) is 36.5 Å². The molecule has 2 heteroatoms. The zero-order valence-electron chi connectivity index (χ0n) is 9.03. The summed E-state index contributed by atoms with van der Waals surface area (Å²) in [6, 6.07) is 11.1. The number of benzene rings is 2. The van der Waals surface area contributed by atoms with Crippen molar-refractivity contribution < 1.29 is 0 Å². The summed E-state index contributed by atoms with van der Waals surface area (Å²) < 4.78 is 1.24. The van der Waals surface area contributed by atoms with Gasteiger partial charge in [-0.3, -0.25) is 0 Å². The van der Waals surface area contributed by atoms with E-state index >= 15 is 0 Å². The summed E-state index contributed by atoms with van der Waals surface area (Å²) in [7, 11) is 0. The summed E-state index contributed by atoms with van der Waals surface area (Å²) >= 11 is 5.59. The van der Waals surface area contributed by atoms with Crippen LogP contribution in [-0.4, -0.2) is 0 Å². The molecule has 0 N–H and O–H groups in total. The maximum absolute atomic E-state index is 3.70. The molecule has 0 radical (unpaired) electrons. The molecule has 0 saturated carbocycles. The number of allylic oxidation sites excluding steroid dienone is 1. The van der Waals surface area contributed by atoms with Gasteiger partial charge in [0, 0.05) is 14.3 Å². The molecule has 0 atom stereocenters. The number of hydrogen-bond acceptors (Lipinski definition) is 1. The smallest absolute Gasteiger partial charge is 0.0276 e. The van der Waals surface area contributed by atoms with E-state index in [1.807, 2.05) is 11.8 Å². The van der Waals surface area contributed by atoms with Crippen molar-refractivity contribution in [1.29, 1.82) is 0 Å². The van der Waals surface area contributed by atoms with E-state index in [0.717, 1.165) is 6.42 Å². The molecule has 2 heterocycles. The third-order valence-corrected chi connectivity index (χ3v) is 5.22. The van der Waals surface area contributed by atoms with Crippen LogP contribution < -0.4 is 0 Å².